The standard InChI is InChI=1S/C24H30F2N4O3/c1-3-27-23(31)29-16(2)17-4-6-19(7-5-17)33-21-10-11-30(14-21)22-9-8-20(13-28-22)32-15-18-12-24(18,25)26/h4-9,13,16,18,21H,3,10-12,14-15H2,1-2H3,(H2,27,29,31)/t16-,18?,21?/m0/s1. The number of ether oxygens (including phenoxy) is 2. The van der Waals surface area contributed by atoms with Gasteiger partial charge in [0.15, 0.2) is 0 Å². The zero-order valence-corrected chi connectivity index (χ0v) is 18.9. The second-order valence-corrected chi connectivity index (χ2v) is 8.59. The Morgan fingerprint density at radius 1 is 1.24 bits per heavy atom. The van der Waals surface area contributed by atoms with E-state index in [1.807, 2.05) is 44.2 Å². The fraction of sp³-hybridized carbons (Fsp3) is 0.500. The van der Waals surface area contributed by atoms with Crippen LogP contribution >= 0.6 is 0 Å². The van der Waals surface area contributed by atoms with Crippen LogP contribution in [0, 0.1) is 5.92 Å². The molecule has 9 heteroatoms. The Balaban J connectivity index is 1.24. The summed E-state index contributed by atoms with van der Waals surface area (Å²) in [6.45, 7) is 5.94. The lowest BCUT2D eigenvalue weighted by Crippen LogP contribution is -2.36. The SMILES string of the molecule is CCNC(=O)N[C@@H](C)c1ccc(OC2CCN(c3ccc(OCC4CC4(F)F)cn3)C2)cc1. The number of hydrogen-bond acceptors (Lipinski definition) is 5. The molecule has 0 radical (unpaired) electrons. The number of urea groups is 1. The van der Waals surface area contributed by atoms with E-state index in [0.29, 0.717) is 18.8 Å². The molecule has 0 spiro atoms. The van der Waals surface area contributed by atoms with Crippen LogP contribution in [-0.4, -0.2) is 49.3 Å². The van der Waals surface area contributed by atoms with Gasteiger partial charge >= 0.3 is 6.03 Å². The van der Waals surface area contributed by atoms with Gasteiger partial charge in [-0.3, -0.25) is 0 Å². The van der Waals surface area contributed by atoms with Crippen molar-refractivity contribution in [2.24, 2.45) is 5.92 Å². The number of rotatable bonds is 9. The summed E-state index contributed by atoms with van der Waals surface area (Å²) in [5.74, 6) is -1.15. The van der Waals surface area contributed by atoms with E-state index >= 15 is 0 Å². The van der Waals surface area contributed by atoms with Gasteiger partial charge in [-0.25, -0.2) is 18.6 Å². The molecule has 178 valence electrons. The van der Waals surface area contributed by atoms with Gasteiger partial charge in [-0.2, -0.15) is 0 Å². The highest BCUT2D eigenvalue weighted by Crippen LogP contribution is 2.48. The lowest BCUT2D eigenvalue weighted by molar-refractivity contribution is 0.0855. The first-order valence-electron chi connectivity index (χ1n) is 11.4. The number of alkyl halides is 2. The van der Waals surface area contributed by atoms with Gasteiger partial charge in [0.05, 0.1) is 31.3 Å². The highest BCUT2D eigenvalue weighted by atomic mass is 19.3. The maximum atomic E-state index is 13.0. The fourth-order valence-electron chi connectivity index (χ4n) is 3.84. The molecule has 2 aromatic rings. The van der Waals surface area contributed by atoms with Crippen LogP contribution in [0.1, 0.15) is 38.3 Å². The number of nitrogens with zero attached hydrogens (tertiary/aromatic N) is 2. The van der Waals surface area contributed by atoms with Crippen LogP contribution in [0.5, 0.6) is 11.5 Å². The highest BCUT2D eigenvalue weighted by Gasteiger charge is 2.57. The van der Waals surface area contributed by atoms with E-state index in [2.05, 4.69) is 20.5 Å². The number of halogens is 2. The van der Waals surface area contributed by atoms with Gasteiger partial charge in [-0.05, 0) is 43.7 Å². The average molecular weight is 461 g/mol. The molecule has 1 aromatic heterocycles. The van der Waals surface area contributed by atoms with Crippen LogP contribution < -0.4 is 25.0 Å². The van der Waals surface area contributed by atoms with Crippen molar-refractivity contribution >= 4 is 11.8 Å². The third-order valence-corrected chi connectivity index (χ3v) is 5.96. The largest absolute Gasteiger partial charge is 0.491 e. The molecule has 2 aliphatic rings. The summed E-state index contributed by atoms with van der Waals surface area (Å²) in [5, 5.41) is 5.61. The van der Waals surface area contributed by atoms with Gasteiger partial charge in [0.25, 0.3) is 5.92 Å². The van der Waals surface area contributed by atoms with E-state index in [4.69, 9.17) is 9.47 Å². The summed E-state index contributed by atoms with van der Waals surface area (Å²) in [4.78, 5) is 18.2. The quantitative estimate of drug-likeness (QED) is 0.588. The number of nitrogens with one attached hydrogen (secondary N) is 2. The molecule has 7 nitrogen and oxygen atoms in total. The van der Waals surface area contributed by atoms with Gasteiger partial charge in [0.1, 0.15) is 23.4 Å². The Bertz CT molecular complexity index is 940. The Morgan fingerprint density at radius 3 is 2.61 bits per heavy atom. The number of carbonyl (C=O) groups is 1. The summed E-state index contributed by atoms with van der Waals surface area (Å²) >= 11 is 0. The number of pyridine rings is 1. The minimum absolute atomic E-state index is 0.0211. The Hall–Kier alpha value is -3.10. The van der Waals surface area contributed by atoms with Gasteiger partial charge < -0.3 is 25.0 Å². The van der Waals surface area contributed by atoms with Crippen LogP contribution in [-0.2, 0) is 0 Å². The minimum Gasteiger partial charge on any atom is -0.491 e. The number of benzene rings is 1. The van der Waals surface area contributed by atoms with Gasteiger partial charge in [0.2, 0.25) is 0 Å². The van der Waals surface area contributed by atoms with Crippen molar-refractivity contribution in [1.29, 1.82) is 0 Å². The molecular formula is C24H30F2N4O3. The van der Waals surface area contributed by atoms with Crippen LogP contribution in [0.3, 0.4) is 0 Å². The smallest absolute Gasteiger partial charge is 0.315 e. The fourth-order valence-corrected chi connectivity index (χ4v) is 3.84. The molecule has 1 aliphatic carbocycles. The number of amides is 2. The molecule has 4 rings (SSSR count). The van der Waals surface area contributed by atoms with Crippen molar-refractivity contribution in [3.05, 3.63) is 48.2 Å². The van der Waals surface area contributed by atoms with Crippen LogP contribution in [0.2, 0.25) is 0 Å². The van der Waals surface area contributed by atoms with E-state index in [1.54, 1.807) is 12.3 Å². The zero-order chi connectivity index (χ0) is 23.4. The van der Waals surface area contributed by atoms with E-state index in [-0.39, 0.29) is 31.2 Å². The zero-order valence-electron chi connectivity index (χ0n) is 18.9. The molecule has 2 N–H and O–H groups in total. The Morgan fingerprint density at radius 2 is 1.97 bits per heavy atom. The molecule has 1 aliphatic heterocycles. The molecule has 2 heterocycles. The second kappa shape index (κ2) is 9.80. The van der Waals surface area contributed by atoms with Crippen LogP contribution in [0.4, 0.5) is 19.4 Å². The van der Waals surface area contributed by atoms with E-state index in [0.717, 1.165) is 30.1 Å². The third kappa shape index (κ3) is 6.03. The summed E-state index contributed by atoms with van der Waals surface area (Å²) in [6.07, 6.45) is 2.39. The topological polar surface area (TPSA) is 75.7 Å². The average Bonchev–Trinajstić information content (AvgIpc) is 3.16. The molecule has 1 aromatic carbocycles. The normalized spacial score (nSPS) is 21.9. The van der Waals surface area contributed by atoms with E-state index in [1.165, 1.54) is 0 Å². The molecule has 1 saturated carbocycles. The lowest BCUT2D eigenvalue weighted by atomic mass is 10.1. The van der Waals surface area contributed by atoms with Crippen molar-refractivity contribution < 1.29 is 23.0 Å². The first-order chi connectivity index (χ1) is 15.8. The maximum Gasteiger partial charge on any atom is 0.315 e. The summed E-state index contributed by atoms with van der Waals surface area (Å²) < 4.78 is 37.5. The number of hydrogen-bond donors (Lipinski definition) is 2. The van der Waals surface area contributed by atoms with Crippen LogP contribution in [0.15, 0.2) is 42.6 Å². The number of carbonyl (C=O) groups excluding carboxylic acids is 1. The van der Waals surface area contributed by atoms with E-state index in [9.17, 15) is 13.6 Å². The van der Waals surface area contributed by atoms with Crippen molar-refractivity contribution in [2.75, 3.05) is 31.1 Å². The Labute approximate surface area is 192 Å². The predicted molar refractivity (Wildman–Crippen MR) is 121 cm³/mol. The second-order valence-electron chi connectivity index (χ2n) is 8.59. The van der Waals surface area contributed by atoms with Gasteiger partial charge in [-0.15, -0.1) is 0 Å². The highest BCUT2D eigenvalue weighted by molar-refractivity contribution is 5.74. The summed E-state index contributed by atoms with van der Waals surface area (Å²) in [5.41, 5.74) is 0.999. The maximum absolute atomic E-state index is 13.0. The number of anilines is 1. The molecule has 2 unspecified atom stereocenters. The van der Waals surface area contributed by atoms with E-state index < -0.39 is 11.8 Å². The molecule has 2 amide bonds. The lowest BCUT2D eigenvalue weighted by Gasteiger charge is -2.19. The van der Waals surface area contributed by atoms with Crippen molar-refractivity contribution in [2.45, 2.75) is 44.8 Å². The molecule has 2 fully saturated rings. The monoisotopic (exact) mass is 460 g/mol. The van der Waals surface area contributed by atoms with Crippen LogP contribution in [0.25, 0.3) is 0 Å². The van der Waals surface area contributed by atoms with Crippen molar-refractivity contribution in [3.63, 3.8) is 0 Å². The summed E-state index contributed by atoms with van der Waals surface area (Å²) in [6, 6.07) is 11.1. The first kappa shape index (κ1) is 23.1. The first-order valence-corrected chi connectivity index (χ1v) is 11.4. The predicted octanol–water partition coefficient (Wildman–Crippen LogP) is 4.15. The van der Waals surface area contributed by atoms with Gasteiger partial charge in [-0.1, -0.05) is 12.1 Å². The van der Waals surface area contributed by atoms with Crippen molar-refractivity contribution in [1.82, 2.24) is 15.6 Å². The minimum atomic E-state index is -2.57. The molecular weight excluding hydrogens is 430 g/mol. The summed E-state index contributed by atoms with van der Waals surface area (Å²) in [7, 11) is 0. The number of aromatic nitrogens is 1. The third-order valence-electron chi connectivity index (χ3n) is 5.96. The molecule has 1 saturated heterocycles. The molecule has 0 bridgehead atoms. The Kier molecular flexibility index (Phi) is 6.85. The van der Waals surface area contributed by atoms with Crippen molar-refractivity contribution in [3.8, 4) is 11.5 Å². The molecule has 3 atom stereocenters. The van der Waals surface area contributed by atoms with Gasteiger partial charge in [0, 0.05) is 25.9 Å². The molecule has 33 heavy (non-hydrogen) atoms.